The molecular formula is C19H21ClN2O4. The van der Waals surface area contributed by atoms with Gasteiger partial charge >= 0.3 is 0 Å². The number of nitrogens with zero attached hydrogens (tertiary/aromatic N) is 1. The van der Waals surface area contributed by atoms with E-state index >= 15 is 0 Å². The van der Waals surface area contributed by atoms with Gasteiger partial charge in [0.2, 0.25) is 5.91 Å². The van der Waals surface area contributed by atoms with E-state index in [0.717, 1.165) is 0 Å². The number of benzene rings is 2. The molecule has 6 nitrogen and oxygen atoms in total. The minimum atomic E-state index is -0.205. The van der Waals surface area contributed by atoms with Gasteiger partial charge in [0.1, 0.15) is 18.1 Å². The van der Waals surface area contributed by atoms with Gasteiger partial charge in [0.15, 0.2) is 6.61 Å². The number of ether oxygens (including phenoxy) is 2. The predicted molar refractivity (Wildman–Crippen MR) is 101 cm³/mol. The third kappa shape index (κ3) is 6.29. The predicted octanol–water partition coefficient (Wildman–Crippen LogP) is 3.21. The van der Waals surface area contributed by atoms with E-state index in [9.17, 15) is 9.59 Å². The van der Waals surface area contributed by atoms with Gasteiger partial charge in [0.25, 0.3) is 5.91 Å². The van der Waals surface area contributed by atoms with Crippen LogP contribution < -0.4 is 14.8 Å². The Morgan fingerprint density at radius 1 is 1.08 bits per heavy atom. The summed E-state index contributed by atoms with van der Waals surface area (Å²) in [7, 11) is 1.68. The molecule has 0 aliphatic carbocycles. The molecule has 2 aromatic carbocycles. The van der Waals surface area contributed by atoms with Gasteiger partial charge in [0, 0.05) is 19.0 Å². The first-order chi connectivity index (χ1) is 12.5. The minimum Gasteiger partial charge on any atom is -0.492 e. The highest BCUT2D eigenvalue weighted by atomic mass is 35.5. The van der Waals surface area contributed by atoms with E-state index in [1.165, 1.54) is 11.8 Å². The van der Waals surface area contributed by atoms with Gasteiger partial charge in [-0.15, -0.1) is 0 Å². The largest absolute Gasteiger partial charge is 0.492 e. The fourth-order valence-corrected chi connectivity index (χ4v) is 2.22. The summed E-state index contributed by atoms with van der Waals surface area (Å²) >= 11 is 5.82. The Hall–Kier alpha value is -2.73. The Labute approximate surface area is 157 Å². The van der Waals surface area contributed by atoms with Gasteiger partial charge in [-0.3, -0.25) is 9.59 Å². The minimum absolute atomic E-state index is 0.131. The fraction of sp³-hybridized carbons (Fsp3) is 0.263. The van der Waals surface area contributed by atoms with Gasteiger partial charge in [-0.05, 0) is 36.4 Å². The molecule has 0 atom stereocenters. The summed E-state index contributed by atoms with van der Waals surface area (Å²) in [5, 5.41) is 3.30. The Bertz CT molecular complexity index is 749. The Balaban J connectivity index is 1.78. The molecule has 0 radical (unpaired) electrons. The number of nitrogens with one attached hydrogen (secondary N) is 1. The number of amides is 2. The molecule has 0 aliphatic heterocycles. The summed E-state index contributed by atoms with van der Waals surface area (Å²) in [4.78, 5) is 24.9. The molecule has 0 aliphatic rings. The lowest BCUT2D eigenvalue weighted by atomic mass is 10.3. The second-order valence-corrected chi connectivity index (χ2v) is 6.02. The Kier molecular flexibility index (Phi) is 7.29. The first kappa shape index (κ1) is 19.6. The van der Waals surface area contributed by atoms with E-state index in [0.29, 0.717) is 35.4 Å². The topological polar surface area (TPSA) is 67.9 Å². The molecule has 0 fully saturated rings. The maximum atomic E-state index is 12.2. The monoisotopic (exact) mass is 376 g/mol. The van der Waals surface area contributed by atoms with Gasteiger partial charge < -0.3 is 19.7 Å². The van der Waals surface area contributed by atoms with Crippen molar-refractivity contribution in [2.45, 2.75) is 6.92 Å². The van der Waals surface area contributed by atoms with E-state index in [1.807, 2.05) is 0 Å². The van der Waals surface area contributed by atoms with Crippen LogP contribution in [0.15, 0.2) is 48.5 Å². The quantitative estimate of drug-likeness (QED) is 0.768. The molecule has 0 saturated carbocycles. The highest BCUT2D eigenvalue weighted by Crippen LogP contribution is 2.23. The van der Waals surface area contributed by atoms with Crippen molar-refractivity contribution in [3.63, 3.8) is 0 Å². The fourth-order valence-electron chi connectivity index (χ4n) is 2.09. The average Bonchev–Trinajstić information content (AvgIpc) is 2.61. The Morgan fingerprint density at radius 2 is 1.77 bits per heavy atom. The molecular weight excluding hydrogens is 356 g/mol. The molecule has 0 saturated heterocycles. The zero-order valence-electron chi connectivity index (χ0n) is 14.7. The number of anilines is 1. The summed E-state index contributed by atoms with van der Waals surface area (Å²) in [5.41, 5.74) is 0.529. The number of carbonyl (C=O) groups is 2. The third-order valence-corrected chi connectivity index (χ3v) is 3.74. The van der Waals surface area contributed by atoms with Gasteiger partial charge in [-0.1, -0.05) is 23.7 Å². The second kappa shape index (κ2) is 9.68. The summed E-state index contributed by atoms with van der Waals surface area (Å²) in [6, 6.07) is 14.0. The van der Waals surface area contributed by atoms with Gasteiger partial charge in [0.05, 0.1) is 12.2 Å². The lowest BCUT2D eigenvalue weighted by Gasteiger charge is -2.18. The van der Waals surface area contributed by atoms with Gasteiger partial charge in [-0.2, -0.15) is 0 Å². The first-order valence-electron chi connectivity index (χ1n) is 8.07. The van der Waals surface area contributed by atoms with Crippen LogP contribution in [0.5, 0.6) is 11.5 Å². The average molecular weight is 377 g/mol. The summed E-state index contributed by atoms with van der Waals surface area (Å²) in [6.07, 6.45) is 0. The number of para-hydroxylation sites is 2. The number of likely N-dealkylation sites (N-methyl/N-ethyl adjacent to an activating group) is 1. The molecule has 0 aromatic heterocycles. The van der Waals surface area contributed by atoms with Crippen LogP contribution in [-0.2, 0) is 9.59 Å². The van der Waals surface area contributed by atoms with Crippen molar-refractivity contribution in [1.82, 2.24) is 4.90 Å². The van der Waals surface area contributed by atoms with E-state index < -0.39 is 0 Å². The zero-order chi connectivity index (χ0) is 18.9. The smallest absolute Gasteiger partial charge is 0.260 e. The van der Waals surface area contributed by atoms with E-state index in [2.05, 4.69) is 5.32 Å². The van der Waals surface area contributed by atoms with Crippen LogP contribution in [0.1, 0.15) is 6.92 Å². The normalized spacial score (nSPS) is 10.1. The van der Waals surface area contributed by atoms with E-state index in [1.54, 1.807) is 55.6 Å². The number of hydrogen-bond donors (Lipinski definition) is 1. The van der Waals surface area contributed by atoms with E-state index in [-0.39, 0.29) is 18.4 Å². The molecule has 2 aromatic rings. The van der Waals surface area contributed by atoms with Crippen LogP contribution in [0, 0.1) is 0 Å². The number of carbonyl (C=O) groups excluding carboxylic acids is 2. The van der Waals surface area contributed by atoms with Crippen molar-refractivity contribution in [3.8, 4) is 11.5 Å². The van der Waals surface area contributed by atoms with Crippen molar-refractivity contribution in [2.24, 2.45) is 0 Å². The molecule has 138 valence electrons. The molecule has 7 heteroatoms. The zero-order valence-corrected chi connectivity index (χ0v) is 15.5. The lowest BCUT2D eigenvalue weighted by molar-refractivity contribution is -0.132. The summed E-state index contributed by atoms with van der Waals surface area (Å²) in [5.74, 6) is 0.740. The van der Waals surface area contributed by atoms with Crippen LogP contribution >= 0.6 is 11.6 Å². The molecule has 2 rings (SSSR count). The van der Waals surface area contributed by atoms with Crippen molar-refractivity contribution < 1.29 is 19.1 Å². The molecule has 0 unspecified atom stereocenters. The van der Waals surface area contributed by atoms with Crippen LogP contribution in [0.4, 0.5) is 5.69 Å². The third-order valence-electron chi connectivity index (χ3n) is 3.48. The number of halogens is 1. The van der Waals surface area contributed by atoms with Crippen molar-refractivity contribution in [3.05, 3.63) is 53.6 Å². The first-order valence-corrected chi connectivity index (χ1v) is 8.45. The van der Waals surface area contributed by atoms with Crippen LogP contribution in [0.3, 0.4) is 0 Å². The molecule has 0 heterocycles. The van der Waals surface area contributed by atoms with E-state index in [4.69, 9.17) is 21.1 Å². The molecule has 26 heavy (non-hydrogen) atoms. The SMILES string of the molecule is CC(=O)Nc1ccccc1OCC(=O)N(C)CCOc1ccc(Cl)cc1. The molecule has 2 amide bonds. The lowest BCUT2D eigenvalue weighted by Crippen LogP contribution is -2.34. The second-order valence-electron chi connectivity index (χ2n) is 5.58. The molecule has 0 spiro atoms. The van der Waals surface area contributed by atoms with Crippen molar-refractivity contribution in [1.29, 1.82) is 0 Å². The van der Waals surface area contributed by atoms with Crippen molar-refractivity contribution in [2.75, 3.05) is 32.1 Å². The van der Waals surface area contributed by atoms with Crippen LogP contribution in [0.2, 0.25) is 5.02 Å². The summed E-state index contributed by atoms with van der Waals surface area (Å²) < 4.78 is 11.1. The summed E-state index contributed by atoms with van der Waals surface area (Å²) in [6.45, 7) is 2.05. The molecule has 0 bridgehead atoms. The molecule has 1 N–H and O–H groups in total. The highest BCUT2D eigenvalue weighted by Gasteiger charge is 2.12. The number of hydrogen-bond acceptors (Lipinski definition) is 4. The van der Waals surface area contributed by atoms with Crippen molar-refractivity contribution >= 4 is 29.1 Å². The van der Waals surface area contributed by atoms with Crippen LogP contribution in [0.25, 0.3) is 0 Å². The number of rotatable bonds is 8. The maximum absolute atomic E-state index is 12.2. The standard InChI is InChI=1S/C19H21ClN2O4/c1-14(23)21-17-5-3-4-6-18(17)26-13-19(24)22(2)11-12-25-16-9-7-15(20)8-10-16/h3-10H,11-13H2,1-2H3,(H,21,23). The highest BCUT2D eigenvalue weighted by molar-refractivity contribution is 6.30. The van der Waals surface area contributed by atoms with Crippen LogP contribution in [-0.4, -0.2) is 43.5 Å². The Morgan fingerprint density at radius 3 is 2.46 bits per heavy atom. The van der Waals surface area contributed by atoms with Gasteiger partial charge in [-0.25, -0.2) is 0 Å². The maximum Gasteiger partial charge on any atom is 0.260 e.